The number of likely N-dealkylation sites (tertiary alicyclic amines) is 1. The molecule has 0 radical (unpaired) electrons. The van der Waals surface area contributed by atoms with Crippen molar-refractivity contribution in [3.63, 3.8) is 0 Å². The zero-order chi connectivity index (χ0) is 8.48. The van der Waals surface area contributed by atoms with Crippen LogP contribution in [-0.4, -0.2) is 29.2 Å². The van der Waals surface area contributed by atoms with Crippen LogP contribution in [0.2, 0.25) is 0 Å². The molecule has 1 rings (SSSR count). The van der Waals surface area contributed by atoms with Gasteiger partial charge in [0.2, 0.25) is 0 Å². The summed E-state index contributed by atoms with van der Waals surface area (Å²) in [5, 5.41) is -0.416. The number of thiol groups is 1. The second-order valence-electron chi connectivity index (χ2n) is 2.63. The quantitative estimate of drug-likeness (QED) is 0.565. The minimum absolute atomic E-state index is 0.120. The molecule has 0 bridgehead atoms. The average molecular weight is 181 g/mol. The Kier molecular flexibility index (Phi) is 2.37. The van der Waals surface area contributed by atoms with E-state index >= 15 is 0 Å². The first kappa shape index (κ1) is 8.77. The number of piperidine rings is 1. The van der Waals surface area contributed by atoms with Crippen LogP contribution in [0.3, 0.4) is 0 Å². The zero-order valence-corrected chi connectivity index (χ0v) is 6.78. The summed E-state index contributed by atoms with van der Waals surface area (Å²) in [7, 11) is 0. The maximum absolute atomic E-state index is 12.5. The molecule has 2 nitrogen and oxygen atoms in total. The van der Waals surface area contributed by atoms with Crippen molar-refractivity contribution in [1.29, 1.82) is 0 Å². The molecule has 0 aliphatic carbocycles. The van der Waals surface area contributed by atoms with Crippen LogP contribution in [0.15, 0.2) is 0 Å². The normalized spacial score (nSPS) is 23.4. The molecule has 64 valence electrons. The summed E-state index contributed by atoms with van der Waals surface area (Å²) in [5.74, 6) is -2.58. The van der Waals surface area contributed by atoms with Crippen molar-refractivity contribution in [2.45, 2.75) is 18.8 Å². The molecule has 1 heterocycles. The van der Waals surface area contributed by atoms with E-state index < -0.39 is 11.2 Å². The fourth-order valence-corrected chi connectivity index (χ4v) is 1.23. The third-order valence-corrected chi connectivity index (χ3v) is 2.05. The average Bonchev–Trinajstić information content (AvgIpc) is 1.86. The van der Waals surface area contributed by atoms with Crippen molar-refractivity contribution >= 4 is 17.9 Å². The van der Waals surface area contributed by atoms with Crippen molar-refractivity contribution in [1.82, 2.24) is 4.90 Å². The highest BCUT2D eigenvalue weighted by Crippen LogP contribution is 2.27. The summed E-state index contributed by atoms with van der Waals surface area (Å²) in [6.45, 7) is 0.241. The predicted octanol–water partition coefficient (Wildman–Crippen LogP) is 1.77. The van der Waals surface area contributed by atoms with E-state index in [1.807, 2.05) is 0 Å². The van der Waals surface area contributed by atoms with Crippen LogP contribution >= 0.6 is 12.6 Å². The van der Waals surface area contributed by atoms with Crippen molar-refractivity contribution in [2.75, 3.05) is 13.1 Å². The van der Waals surface area contributed by atoms with Crippen LogP contribution in [0.4, 0.5) is 13.6 Å². The van der Waals surface area contributed by atoms with E-state index in [2.05, 4.69) is 12.6 Å². The fraction of sp³-hybridized carbons (Fsp3) is 0.833. The molecule has 0 unspecified atom stereocenters. The first-order valence-electron chi connectivity index (χ1n) is 3.37. The van der Waals surface area contributed by atoms with E-state index in [1.165, 1.54) is 4.90 Å². The lowest BCUT2D eigenvalue weighted by atomic mass is 10.1. The molecule has 0 spiro atoms. The highest BCUT2D eigenvalue weighted by atomic mass is 32.1. The molecule has 5 heteroatoms. The standard InChI is InChI=1S/C6H9F2NOS/c7-6(8)1-3-9(4-2-6)5(10)11/h1-4H2,(H,10,11). The monoisotopic (exact) mass is 181 g/mol. The number of hydrogen-bond acceptors (Lipinski definition) is 1. The largest absolute Gasteiger partial charge is 0.333 e. The van der Waals surface area contributed by atoms with E-state index in [4.69, 9.17) is 0 Å². The van der Waals surface area contributed by atoms with Gasteiger partial charge in [0.15, 0.2) is 0 Å². The number of carbonyl (C=O) groups is 1. The summed E-state index contributed by atoms with van der Waals surface area (Å²) in [6.07, 6.45) is -0.474. The van der Waals surface area contributed by atoms with Gasteiger partial charge in [-0.2, -0.15) is 0 Å². The van der Waals surface area contributed by atoms with Gasteiger partial charge in [0.05, 0.1) is 0 Å². The Morgan fingerprint density at radius 2 is 1.82 bits per heavy atom. The molecule has 1 aliphatic heterocycles. The molecule has 1 fully saturated rings. The first-order valence-corrected chi connectivity index (χ1v) is 3.82. The molecule has 0 saturated carbocycles. The van der Waals surface area contributed by atoms with E-state index in [1.54, 1.807) is 0 Å². The van der Waals surface area contributed by atoms with Crippen LogP contribution in [0.5, 0.6) is 0 Å². The van der Waals surface area contributed by atoms with Gasteiger partial charge in [0, 0.05) is 25.9 Å². The van der Waals surface area contributed by atoms with Crippen molar-refractivity contribution in [3.05, 3.63) is 0 Å². The smallest absolute Gasteiger partial charge is 0.278 e. The van der Waals surface area contributed by atoms with Gasteiger partial charge >= 0.3 is 0 Å². The molecule has 0 aromatic rings. The number of amides is 1. The molecular formula is C6H9F2NOS. The van der Waals surface area contributed by atoms with Gasteiger partial charge in [-0.1, -0.05) is 12.6 Å². The van der Waals surface area contributed by atoms with E-state index in [0.29, 0.717) is 0 Å². The Morgan fingerprint density at radius 3 is 2.18 bits per heavy atom. The van der Waals surface area contributed by atoms with Crippen LogP contribution in [0.25, 0.3) is 0 Å². The van der Waals surface area contributed by atoms with Gasteiger partial charge in [-0.3, -0.25) is 4.79 Å². The van der Waals surface area contributed by atoms with Gasteiger partial charge in [0.1, 0.15) is 0 Å². The molecule has 11 heavy (non-hydrogen) atoms. The Bertz CT molecular complexity index is 164. The summed E-state index contributed by atoms with van der Waals surface area (Å²) in [4.78, 5) is 11.9. The lowest BCUT2D eigenvalue weighted by Gasteiger charge is -2.30. The van der Waals surface area contributed by atoms with E-state index in [-0.39, 0.29) is 25.9 Å². The highest BCUT2D eigenvalue weighted by molar-refractivity contribution is 7.96. The molecule has 0 atom stereocenters. The predicted molar refractivity (Wildman–Crippen MR) is 40.1 cm³/mol. The Morgan fingerprint density at radius 1 is 1.36 bits per heavy atom. The van der Waals surface area contributed by atoms with Gasteiger partial charge in [-0.25, -0.2) is 8.78 Å². The second-order valence-corrected chi connectivity index (χ2v) is 3.01. The third kappa shape index (κ3) is 2.32. The summed E-state index contributed by atoms with van der Waals surface area (Å²) in [6, 6.07) is 0. The van der Waals surface area contributed by atoms with Crippen LogP contribution in [0.1, 0.15) is 12.8 Å². The number of alkyl halides is 2. The number of hydrogen-bond donors (Lipinski definition) is 1. The maximum atomic E-state index is 12.5. The minimum Gasteiger partial charge on any atom is -0.333 e. The summed E-state index contributed by atoms with van der Waals surface area (Å²) in [5.41, 5.74) is 0. The lowest BCUT2D eigenvalue weighted by molar-refractivity contribution is -0.0452. The second kappa shape index (κ2) is 2.97. The van der Waals surface area contributed by atoms with Crippen molar-refractivity contribution in [2.24, 2.45) is 0 Å². The number of halogens is 2. The molecule has 0 aromatic carbocycles. The van der Waals surface area contributed by atoms with Gasteiger partial charge in [-0.15, -0.1) is 0 Å². The van der Waals surface area contributed by atoms with Gasteiger partial charge in [0.25, 0.3) is 11.2 Å². The molecule has 0 N–H and O–H groups in total. The van der Waals surface area contributed by atoms with Crippen LogP contribution < -0.4 is 0 Å². The Balaban J connectivity index is 2.42. The van der Waals surface area contributed by atoms with Crippen molar-refractivity contribution < 1.29 is 13.6 Å². The first-order chi connectivity index (χ1) is 5.01. The molecular weight excluding hydrogens is 172 g/mol. The third-order valence-electron chi connectivity index (χ3n) is 1.77. The fourth-order valence-electron chi connectivity index (χ4n) is 1.03. The molecule has 1 aliphatic rings. The lowest BCUT2D eigenvalue weighted by Crippen LogP contribution is -2.40. The van der Waals surface area contributed by atoms with Gasteiger partial charge in [-0.05, 0) is 0 Å². The summed E-state index contributed by atoms with van der Waals surface area (Å²) >= 11 is 3.54. The number of rotatable bonds is 0. The number of carbonyl (C=O) groups excluding carboxylic acids is 1. The Hall–Kier alpha value is -0.320. The van der Waals surface area contributed by atoms with E-state index in [0.717, 1.165) is 0 Å². The minimum atomic E-state index is -2.58. The molecule has 1 amide bonds. The summed E-state index contributed by atoms with van der Waals surface area (Å²) < 4.78 is 25.0. The molecule has 1 saturated heterocycles. The molecule has 0 aromatic heterocycles. The van der Waals surface area contributed by atoms with Crippen LogP contribution in [0, 0.1) is 0 Å². The van der Waals surface area contributed by atoms with Gasteiger partial charge < -0.3 is 4.90 Å². The van der Waals surface area contributed by atoms with E-state index in [9.17, 15) is 13.6 Å². The topological polar surface area (TPSA) is 20.3 Å². The number of nitrogens with zero attached hydrogens (tertiary/aromatic N) is 1. The Labute approximate surface area is 69.0 Å². The maximum Gasteiger partial charge on any atom is 0.278 e. The van der Waals surface area contributed by atoms with Crippen molar-refractivity contribution in [3.8, 4) is 0 Å². The SMILES string of the molecule is O=C(S)N1CCC(F)(F)CC1. The van der Waals surface area contributed by atoms with Crippen LogP contribution in [-0.2, 0) is 0 Å². The zero-order valence-electron chi connectivity index (χ0n) is 5.89. The highest BCUT2D eigenvalue weighted by Gasteiger charge is 2.34.